The summed E-state index contributed by atoms with van der Waals surface area (Å²) in [7, 11) is 0. The highest BCUT2D eigenvalue weighted by Gasteiger charge is 2.43. The number of halogens is 2. The molecule has 1 aromatic rings. The molecule has 10 nitrogen and oxygen atoms in total. The van der Waals surface area contributed by atoms with E-state index in [1.807, 2.05) is 30.3 Å². The van der Waals surface area contributed by atoms with Gasteiger partial charge >= 0.3 is 6.09 Å². The molecule has 3 N–H and O–H groups in total. The maximum absolute atomic E-state index is 13.4. The summed E-state index contributed by atoms with van der Waals surface area (Å²) in [5.74, 6) is -4.28. The van der Waals surface area contributed by atoms with Crippen LogP contribution in [0.4, 0.5) is 19.3 Å². The van der Waals surface area contributed by atoms with Gasteiger partial charge in [0, 0.05) is 57.8 Å². The molecule has 0 aromatic heterocycles. The number of para-hydroxylation sites is 1. The number of hydrogen-bond donors (Lipinski definition) is 3. The van der Waals surface area contributed by atoms with Crippen LogP contribution in [0.2, 0.25) is 0 Å². The number of ether oxygens (including phenoxy) is 1. The van der Waals surface area contributed by atoms with Gasteiger partial charge in [0.15, 0.2) is 0 Å². The van der Waals surface area contributed by atoms with Crippen LogP contribution in [0.25, 0.3) is 0 Å². The molecule has 35 heavy (non-hydrogen) atoms. The topological polar surface area (TPSA) is 114 Å². The minimum atomic E-state index is -2.92. The first-order valence-corrected chi connectivity index (χ1v) is 11.8. The molecule has 3 aliphatic rings. The van der Waals surface area contributed by atoms with Crippen molar-refractivity contribution in [3.8, 4) is 0 Å². The number of hydroxylamine groups is 1. The smallest absolute Gasteiger partial charge is 0.410 e. The van der Waals surface area contributed by atoms with Crippen molar-refractivity contribution in [2.75, 3.05) is 50.7 Å². The lowest BCUT2D eigenvalue weighted by Gasteiger charge is -2.41. The Morgan fingerprint density at radius 1 is 1.09 bits per heavy atom. The molecule has 0 saturated carbocycles. The van der Waals surface area contributed by atoms with Crippen LogP contribution in [-0.4, -0.2) is 96.8 Å². The van der Waals surface area contributed by atoms with Crippen molar-refractivity contribution in [3.05, 3.63) is 30.3 Å². The highest BCUT2D eigenvalue weighted by atomic mass is 19.3. The van der Waals surface area contributed by atoms with Crippen LogP contribution >= 0.6 is 0 Å². The first kappa shape index (κ1) is 25.1. The molecule has 0 unspecified atom stereocenters. The maximum Gasteiger partial charge on any atom is 0.410 e. The van der Waals surface area contributed by atoms with E-state index < -0.39 is 49.0 Å². The van der Waals surface area contributed by atoms with Crippen molar-refractivity contribution in [2.45, 2.75) is 37.3 Å². The minimum Gasteiger partial charge on any atom is -0.445 e. The second-order valence-electron chi connectivity index (χ2n) is 9.30. The third-order valence-electron chi connectivity index (χ3n) is 6.85. The Morgan fingerprint density at radius 2 is 1.80 bits per heavy atom. The molecule has 3 amide bonds. The molecule has 3 heterocycles. The molecule has 0 spiro atoms. The van der Waals surface area contributed by atoms with Crippen molar-refractivity contribution < 1.29 is 33.1 Å². The molecule has 12 heteroatoms. The van der Waals surface area contributed by atoms with E-state index in [1.165, 1.54) is 0 Å². The number of carbonyl (C=O) groups is 3. The predicted octanol–water partition coefficient (Wildman–Crippen LogP) is 1.06. The van der Waals surface area contributed by atoms with E-state index in [-0.39, 0.29) is 31.8 Å². The van der Waals surface area contributed by atoms with Crippen molar-refractivity contribution >= 4 is 23.6 Å². The summed E-state index contributed by atoms with van der Waals surface area (Å²) in [4.78, 5) is 42.5. The molecule has 3 fully saturated rings. The zero-order valence-electron chi connectivity index (χ0n) is 19.4. The van der Waals surface area contributed by atoms with Gasteiger partial charge in [-0.3, -0.25) is 14.8 Å². The number of carbonyl (C=O) groups excluding carboxylic acids is 3. The van der Waals surface area contributed by atoms with E-state index in [9.17, 15) is 23.2 Å². The minimum absolute atomic E-state index is 0.0849. The largest absolute Gasteiger partial charge is 0.445 e. The first-order chi connectivity index (χ1) is 16.8. The lowest BCUT2D eigenvalue weighted by atomic mass is 9.85. The van der Waals surface area contributed by atoms with Crippen molar-refractivity contribution in [3.63, 3.8) is 0 Å². The summed E-state index contributed by atoms with van der Waals surface area (Å²) < 4.78 is 32.3. The second kappa shape index (κ2) is 10.7. The number of likely N-dealkylation sites (tertiary alicyclic amines) is 1. The summed E-state index contributed by atoms with van der Waals surface area (Å²) in [6.45, 7) is 1.78. The van der Waals surface area contributed by atoms with Crippen molar-refractivity contribution in [1.29, 1.82) is 0 Å². The van der Waals surface area contributed by atoms with Gasteiger partial charge in [-0.1, -0.05) is 18.2 Å². The van der Waals surface area contributed by atoms with Gasteiger partial charge in [0.25, 0.3) is 5.92 Å². The number of nitrogens with zero attached hydrogens (tertiary/aromatic N) is 3. The van der Waals surface area contributed by atoms with Gasteiger partial charge in [0.1, 0.15) is 6.10 Å². The molecule has 1 aromatic carbocycles. The summed E-state index contributed by atoms with van der Waals surface area (Å²) in [5.41, 5.74) is 2.68. The highest BCUT2D eigenvalue weighted by Crippen LogP contribution is 2.29. The zero-order chi connectivity index (χ0) is 25.0. The lowest BCUT2D eigenvalue weighted by Crippen LogP contribution is -2.60. The average molecular weight is 496 g/mol. The number of piperazine rings is 1. The number of rotatable bonds is 5. The molecule has 0 radical (unpaired) electrons. The van der Waals surface area contributed by atoms with Gasteiger partial charge in [0.05, 0.1) is 12.6 Å². The van der Waals surface area contributed by atoms with Gasteiger partial charge < -0.3 is 24.8 Å². The van der Waals surface area contributed by atoms with E-state index >= 15 is 0 Å². The van der Waals surface area contributed by atoms with E-state index in [0.717, 1.165) is 10.6 Å². The number of nitrogens with one attached hydrogen (secondary N) is 2. The monoisotopic (exact) mass is 495 g/mol. The molecular formula is C23H31F2N5O5. The zero-order valence-corrected chi connectivity index (χ0v) is 19.4. The van der Waals surface area contributed by atoms with Crippen molar-refractivity contribution in [1.82, 2.24) is 20.6 Å². The van der Waals surface area contributed by atoms with E-state index in [1.54, 1.807) is 10.4 Å². The normalized spacial score (nSPS) is 26.4. The second-order valence-corrected chi connectivity index (χ2v) is 9.30. The molecule has 3 aliphatic heterocycles. The third-order valence-corrected chi connectivity index (χ3v) is 6.85. The summed E-state index contributed by atoms with van der Waals surface area (Å²) in [6.07, 6.45) is -1.89. The Morgan fingerprint density at radius 3 is 2.43 bits per heavy atom. The van der Waals surface area contributed by atoms with E-state index in [2.05, 4.69) is 10.2 Å². The molecule has 4 rings (SSSR count). The number of benzene rings is 1. The highest BCUT2D eigenvalue weighted by molar-refractivity contribution is 5.84. The number of anilines is 1. The third kappa shape index (κ3) is 6.17. The lowest BCUT2D eigenvalue weighted by molar-refractivity contribution is -0.138. The molecular weight excluding hydrogens is 464 g/mol. The fourth-order valence-corrected chi connectivity index (χ4v) is 4.98. The molecule has 0 aliphatic carbocycles. The first-order valence-electron chi connectivity index (χ1n) is 11.8. The maximum atomic E-state index is 13.4. The van der Waals surface area contributed by atoms with Crippen LogP contribution in [0.1, 0.15) is 19.3 Å². The number of alkyl halides is 2. The van der Waals surface area contributed by atoms with Crippen LogP contribution in [0.3, 0.4) is 0 Å². The van der Waals surface area contributed by atoms with Crippen LogP contribution in [0.5, 0.6) is 0 Å². The van der Waals surface area contributed by atoms with Gasteiger partial charge in [-0.05, 0) is 24.5 Å². The molecule has 3 atom stereocenters. The number of amides is 3. The Hall–Kier alpha value is -2.99. The average Bonchev–Trinajstić information content (AvgIpc) is 3.24. The van der Waals surface area contributed by atoms with Crippen LogP contribution in [0.15, 0.2) is 30.3 Å². The number of hydrogen-bond acceptors (Lipinski definition) is 7. The van der Waals surface area contributed by atoms with Crippen LogP contribution in [-0.2, 0) is 14.3 Å². The van der Waals surface area contributed by atoms with Gasteiger partial charge in [-0.2, -0.15) is 0 Å². The van der Waals surface area contributed by atoms with Crippen LogP contribution in [0, 0.1) is 5.92 Å². The standard InChI is InChI=1S/C23H31F2N5O5/c24-23(25)6-7-30(15-23)22(33)35-18-12-16(13-19(31)27-34)20(26-14-18)21(32)29-10-8-28(9-11-29)17-4-2-1-3-5-17/h1-5,16,18,20,26,34H,6-15H2,(H,27,31)/t16-,18-,20-/m0/s1. The fraction of sp³-hybridized carbons (Fsp3) is 0.609. The van der Waals surface area contributed by atoms with Gasteiger partial charge in [0.2, 0.25) is 11.8 Å². The fourth-order valence-electron chi connectivity index (χ4n) is 4.98. The number of piperidine rings is 1. The van der Waals surface area contributed by atoms with E-state index in [4.69, 9.17) is 9.94 Å². The molecule has 192 valence electrons. The summed E-state index contributed by atoms with van der Waals surface area (Å²) in [6, 6.07) is 9.23. The summed E-state index contributed by atoms with van der Waals surface area (Å²) >= 11 is 0. The Kier molecular flexibility index (Phi) is 7.70. The SMILES string of the molecule is O=C(C[C@@H]1C[C@H](OC(=O)N2CCC(F)(F)C2)CN[C@@H]1C(=O)N1CCN(c2ccccc2)CC1)NO. The quantitative estimate of drug-likeness (QED) is 0.413. The predicted molar refractivity (Wildman–Crippen MR) is 121 cm³/mol. The Bertz CT molecular complexity index is 913. The Labute approximate surface area is 202 Å². The van der Waals surface area contributed by atoms with Crippen LogP contribution < -0.4 is 15.7 Å². The van der Waals surface area contributed by atoms with Gasteiger partial charge in [-0.15, -0.1) is 0 Å². The molecule has 3 saturated heterocycles. The Balaban J connectivity index is 1.35. The van der Waals surface area contributed by atoms with Crippen molar-refractivity contribution in [2.24, 2.45) is 5.92 Å². The molecule has 0 bridgehead atoms. The van der Waals surface area contributed by atoms with Gasteiger partial charge in [-0.25, -0.2) is 19.1 Å². The summed E-state index contributed by atoms with van der Waals surface area (Å²) in [5, 5.41) is 12.1. The van der Waals surface area contributed by atoms with E-state index in [0.29, 0.717) is 26.2 Å².